The van der Waals surface area contributed by atoms with E-state index in [0.717, 1.165) is 49.0 Å². The van der Waals surface area contributed by atoms with Gasteiger partial charge in [-0.3, -0.25) is 0 Å². The number of hydrogen-bond donors (Lipinski definition) is 3. The summed E-state index contributed by atoms with van der Waals surface area (Å²) in [6, 6.07) is 2.26. The van der Waals surface area contributed by atoms with Gasteiger partial charge in [0.25, 0.3) is 0 Å². The van der Waals surface area contributed by atoms with Crippen LogP contribution in [0.1, 0.15) is 55.4 Å². The molecule has 2 aromatic rings. The smallest absolute Gasteiger partial charge is 0.222 e. The number of rotatable bonds is 4. The van der Waals surface area contributed by atoms with E-state index in [0.29, 0.717) is 18.4 Å². The molecule has 0 saturated heterocycles. The number of nitrogens with zero attached hydrogens (tertiary/aromatic N) is 5. The molecule has 24 heavy (non-hydrogen) atoms. The lowest BCUT2D eigenvalue weighted by molar-refractivity contribution is 0.345. The van der Waals surface area contributed by atoms with Gasteiger partial charge in [0.15, 0.2) is 5.82 Å². The summed E-state index contributed by atoms with van der Waals surface area (Å²) in [5, 5.41) is 12.0. The van der Waals surface area contributed by atoms with Crippen LogP contribution >= 0.6 is 0 Å². The monoisotopic (exact) mass is 328 g/mol. The van der Waals surface area contributed by atoms with Crippen molar-refractivity contribution >= 4 is 11.8 Å². The molecule has 0 bridgehead atoms. The Morgan fingerprint density at radius 1 is 1.17 bits per heavy atom. The van der Waals surface area contributed by atoms with Gasteiger partial charge in [0, 0.05) is 31.0 Å². The van der Waals surface area contributed by atoms with Crippen LogP contribution in [0.4, 0.5) is 11.8 Å². The Morgan fingerprint density at radius 2 is 2.04 bits per heavy atom. The van der Waals surface area contributed by atoms with Gasteiger partial charge < -0.3 is 21.4 Å². The van der Waals surface area contributed by atoms with Crippen molar-refractivity contribution in [1.29, 1.82) is 0 Å². The Balaban J connectivity index is 1.47. The summed E-state index contributed by atoms with van der Waals surface area (Å²) < 4.78 is 2.23. The number of hydrogen-bond acceptors (Lipinski definition) is 7. The average molecular weight is 328 g/mol. The summed E-state index contributed by atoms with van der Waals surface area (Å²) in [6.45, 7) is 1.59. The quantitative estimate of drug-likeness (QED) is 0.771. The van der Waals surface area contributed by atoms with Gasteiger partial charge in [0.05, 0.1) is 12.2 Å². The highest BCUT2D eigenvalue weighted by atomic mass is 15.3. The lowest BCUT2D eigenvalue weighted by Crippen LogP contribution is -2.35. The second-order valence-corrected chi connectivity index (χ2v) is 6.81. The maximum atomic E-state index is 5.87. The molecule has 0 aromatic carbocycles. The third kappa shape index (κ3) is 3.06. The van der Waals surface area contributed by atoms with Gasteiger partial charge in [-0.25, -0.2) is 4.98 Å². The normalized spacial score (nSPS) is 23.2. The number of nitrogen functional groups attached to an aromatic ring is 1. The summed E-state index contributed by atoms with van der Waals surface area (Å²) in [5.41, 5.74) is 12.7. The molecule has 1 saturated carbocycles. The molecule has 4 rings (SSSR count). The molecule has 8 heteroatoms. The highest BCUT2D eigenvalue weighted by Gasteiger charge is 2.29. The van der Waals surface area contributed by atoms with Crippen LogP contribution in [-0.2, 0) is 19.5 Å². The van der Waals surface area contributed by atoms with Crippen LogP contribution in [0.3, 0.4) is 0 Å². The molecule has 0 unspecified atom stereocenters. The van der Waals surface area contributed by atoms with Crippen molar-refractivity contribution in [3.63, 3.8) is 0 Å². The second kappa shape index (κ2) is 6.35. The fourth-order valence-corrected chi connectivity index (χ4v) is 3.53. The number of aryl methyl sites for hydroxylation is 1. The molecule has 2 aliphatic rings. The zero-order chi connectivity index (χ0) is 16.5. The fraction of sp³-hybridized carbons (Fsp3) is 0.625. The van der Waals surface area contributed by atoms with Crippen molar-refractivity contribution < 1.29 is 0 Å². The van der Waals surface area contributed by atoms with Crippen LogP contribution in [0.15, 0.2) is 6.07 Å². The van der Waals surface area contributed by atoms with Gasteiger partial charge in [-0.15, -0.1) is 10.2 Å². The average Bonchev–Trinajstić information content (AvgIpc) is 2.76. The molecule has 3 heterocycles. The van der Waals surface area contributed by atoms with Crippen molar-refractivity contribution in [2.45, 2.75) is 63.6 Å². The number of fused-ring (bicyclic) bond motifs is 1. The summed E-state index contributed by atoms with van der Waals surface area (Å²) in [5.74, 6) is 3.49. The van der Waals surface area contributed by atoms with Crippen molar-refractivity contribution in [2.24, 2.45) is 5.73 Å². The van der Waals surface area contributed by atoms with Crippen LogP contribution in [-0.4, -0.2) is 30.8 Å². The van der Waals surface area contributed by atoms with E-state index in [-0.39, 0.29) is 6.04 Å². The van der Waals surface area contributed by atoms with E-state index in [4.69, 9.17) is 11.5 Å². The van der Waals surface area contributed by atoms with Gasteiger partial charge in [-0.2, -0.15) is 4.98 Å². The van der Waals surface area contributed by atoms with E-state index in [2.05, 4.69) is 30.0 Å². The van der Waals surface area contributed by atoms with Gasteiger partial charge >= 0.3 is 0 Å². The maximum Gasteiger partial charge on any atom is 0.222 e. The Bertz CT molecular complexity index is 719. The number of aromatic nitrogens is 5. The first kappa shape index (κ1) is 15.3. The number of anilines is 2. The van der Waals surface area contributed by atoms with Crippen molar-refractivity contribution in [2.75, 3.05) is 11.1 Å². The van der Waals surface area contributed by atoms with E-state index >= 15 is 0 Å². The molecule has 8 nitrogen and oxygen atoms in total. The number of nitrogens with two attached hydrogens (primary N) is 2. The fourth-order valence-electron chi connectivity index (χ4n) is 3.53. The predicted molar refractivity (Wildman–Crippen MR) is 91.3 cm³/mol. The first-order chi connectivity index (χ1) is 11.7. The van der Waals surface area contributed by atoms with Crippen LogP contribution in [0.2, 0.25) is 0 Å². The molecule has 1 aliphatic carbocycles. The predicted octanol–water partition coefficient (Wildman–Crippen LogP) is 1.19. The largest absolute Gasteiger partial charge is 0.368 e. The van der Waals surface area contributed by atoms with E-state index in [9.17, 15) is 0 Å². The topological polar surface area (TPSA) is 121 Å². The lowest BCUT2D eigenvalue weighted by atomic mass is 9.78. The molecule has 0 radical (unpaired) electrons. The Morgan fingerprint density at radius 3 is 2.88 bits per heavy atom. The molecule has 5 N–H and O–H groups in total. The molecule has 1 fully saturated rings. The summed E-state index contributed by atoms with van der Waals surface area (Å²) in [7, 11) is 0. The van der Waals surface area contributed by atoms with Gasteiger partial charge in [0.1, 0.15) is 11.6 Å². The minimum absolute atomic E-state index is 0.286. The summed E-state index contributed by atoms with van der Waals surface area (Å²) in [6.07, 6.45) is 6.58. The van der Waals surface area contributed by atoms with Crippen LogP contribution in [0.5, 0.6) is 0 Å². The third-order valence-electron chi connectivity index (χ3n) is 4.97. The summed E-state index contributed by atoms with van der Waals surface area (Å²) in [4.78, 5) is 8.65. The molecular weight excluding hydrogens is 304 g/mol. The van der Waals surface area contributed by atoms with E-state index in [1.165, 1.54) is 19.3 Å². The van der Waals surface area contributed by atoms with Gasteiger partial charge in [-0.05, 0) is 25.7 Å². The Labute approximate surface area is 141 Å². The van der Waals surface area contributed by atoms with Crippen molar-refractivity contribution in [1.82, 2.24) is 24.7 Å². The van der Waals surface area contributed by atoms with E-state index < -0.39 is 0 Å². The zero-order valence-corrected chi connectivity index (χ0v) is 13.8. The highest BCUT2D eigenvalue weighted by molar-refractivity contribution is 5.42. The first-order valence-corrected chi connectivity index (χ1v) is 8.74. The maximum absolute atomic E-state index is 5.87. The minimum Gasteiger partial charge on any atom is -0.368 e. The molecule has 0 amide bonds. The van der Waals surface area contributed by atoms with Crippen molar-refractivity contribution in [3.05, 3.63) is 23.4 Å². The van der Waals surface area contributed by atoms with Crippen LogP contribution < -0.4 is 16.8 Å². The lowest BCUT2D eigenvalue weighted by Gasteiger charge is -2.32. The van der Waals surface area contributed by atoms with Gasteiger partial charge in [0.2, 0.25) is 5.95 Å². The Hall–Kier alpha value is -2.22. The molecule has 0 atom stereocenters. The molecule has 128 valence electrons. The van der Waals surface area contributed by atoms with E-state index in [1.54, 1.807) is 0 Å². The van der Waals surface area contributed by atoms with Crippen molar-refractivity contribution in [3.8, 4) is 0 Å². The minimum atomic E-state index is 0.286. The molecule has 1 aliphatic heterocycles. The first-order valence-electron chi connectivity index (χ1n) is 8.74. The van der Waals surface area contributed by atoms with Crippen LogP contribution in [0, 0.1) is 0 Å². The van der Waals surface area contributed by atoms with E-state index in [1.807, 2.05) is 6.07 Å². The standard InChI is InChI=1S/C16H24N8/c17-11-6-10(7-11)12-8-13(21-16(18)20-12)19-9-15-23-22-14-4-2-1-3-5-24(14)15/h8,10-11H,1-7,9,17H2,(H3,18,19,20,21). The third-order valence-corrected chi connectivity index (χ3v) is 4.97. The second-order valence-electron chi connectivity index (χ2n) is 6.81. The molecular formula is C16H24N8. The Kier molecular flexibility index (Phi) is 4.05. The highest BCUT2D eigenvalue weighted by Crippen LogP contribution is 2.35. The van der Waals surface area contributed by atoms with Gasteiger partial charge in [-0.1, -0.05) is 6.42 Å². The number of nitrogens with one attached hydrogen (secondary N) is 1. The zero-order valence-electron chi connectivity index (χ0n) is 13.8. The van der Waals surface area contributed by atoms with Crippen LogP contribution in [0.25, 0.3) is 0 Å². The SMILES string of the molecule is Nc1nc(NCc2nnc3n2CCCCC3)cc(C2CC(N)C2)n1. The summed E-state index contributed by atoms with van der Waals surface area (Å²) >= 11 is 0. The molecule has 2 aromatic heterocycles. The molecule has 0 spiro atoms.